The summed E-state index contributed by atoms with van der Waals surface area (Å²) >= 11 is 5.45. The van der Waals surface area contributed by atoms with Gasteiger partial charge in [-0.2, -0.15) is 0 Å². The topological polar surface area (TPSA) is 18.5 Å². The number of halogens is 2. The lowest BCUT2D eigenvalue weighted by Crippen LogP contribution is -2.07. The summed E-state index contributed by atoms with van der Waals surface area (Å²) in [6, 6.07) is 4.47. The zero-order valence-corrected chi connectivity index (χ0v) is 10.4. The van der Waals surface area contributed by atoms with E-state index in [0.717, 1.165) is 0 Å². The Kier molecular flexibility index (Phi) is 6.46. The summed E-state index contributed by atoms with van der Waals surface area (Å²) in [5.74, 6) is 5.53. The van der Waals surface area contributed by atoms with Crippen molar-refractivity contribution in [2.75, 3.05) is 25.7 Å². The maximum Gasteiger partial charge on any atom is 0.165 e. The first-order valence-electron chi connectivity index (χ1n) is 5.33. The Morgan fingerprint density at radius 3 is 2.88 bits per heavy atom. The number of benzene rings is 1. The van der Waals surface area contributed by atoms with Crippen molar-refractivity contribution in [3.8, 4) is 17.6 Å². The average Bonchev–Trinajstić information content (AvgIpc) is 2.35. The molecule has 0 fully saturated rings. The van der Waals surface area contributed by atoms with Crippen LogP contribution in [0.3, 0.4) is 0 Å². The van der Waals surface area contributed by atoms with Gasteiger partial charge >= 0.3 is 0 Å². The molecule has 2 nitrogen and oxygen atoms in total. The molecule has 92 valence electrons. The second-order valence-electron chi connectivity index (χ2n) is 3.13. The number of hydrogen-bond acceptors (Lipinski definition) is 2. The van der Waals surface area contributed by atoms with Gasteiger partial charge in [0, 0.05) is 12.2 Å². The summed E-state index contributed by atoms with van der Waals surface area (Å²) in [4.78, 5) is 0. The molecule has 0 heterocycles. The van der Waals surface area contributed by atoms with Crippen molar-refractivity contribution < 1.29 is 13.9 Å². The number of ether oxygens (including phenoxy) is 2. The fourth-order valence-electron chi connectivity index (χ4n) is 1.18. The monoisotopic (exact) mass is 256 g/mol. The minimum absolute atomic E-state index is 0.186. The molecule has 0 unspecified atom stereocenters. The predicted molar refractivity (Wildman–Crippen MR) is 66.0 cm³/mol. The molecule has 17 heavy (non-hydrogen) atoms. The van der Waals surface area contributed by atoms with Crippen molar-refractivity contribution >= 4 is 11.6 Å². The van der Waals surface area contributed by atoms with Crippen LogP contribution in [0.4, 0.5) is 4.39 Å². The second-order valence-corrected chi connectivity index (χ2v) is 3.39. The molecule has 0 amide bonds. The van der Waals surface area contributed by atoms with Crippen LogP contribution in [0.25, 0.3) is 0 Å². The lowest BCUT2D eigenvalue weighted by Gasteiger charge is -2.07. The molecule has 1 aromatic carbocycles. The maximum atomic E-state index is 13.4. The zero-order chi connectivity index (χ0) is 12.5. The molecule has 0 N–H and O–H groups in total. The van der Waals surface area contributed by atoms with Crippen molar-refractivity contribution in [3.05, 3.63) is 29.6 Å². The molecule has 0 bridgehead atoms. The quantitative estimate of drug-likeness (QED) is 0.458. The van der Waals surface area contributed by atoms with Crippen LogP contribution in [-0.2, 0) is 4.74 Å². The molecule has 0 radical (unpaired) electrons. The highest BCUT2D eigenvalue weighted by Gasteiger charge is 2.03. The fraction of sp³-hybridized carbons (Fsp3) is 0.385. The van der Waals surface area contributed by atoms with Gasteiger partial charge in [-0.1, -0.05) is 11.8 Å². The first-order valence-corrected chi connectivity index (χ1v) is 5.86. The number of rotatable bonds is 5. The van der Waals surface area contributed by atoms with Crippen LogP contribution in [-0.4, -0.2) is 25.7 Å². The molecule has 1 aromatic rings. The van der Waals surface area contributed by atoms with Gasteiger partial charge < -0.3 is 9.47 Å². The number of alkyl halides is 1. The van der Waals surface area contributed by atoms with Crippen LogP contribution in [0.15, 0.2) is 18.2 Å². The molecule has 0 saturated heterocycles. The largest absolute Gasteiger partial charge is 0.488 e. The van der Waals surface area contributed by atoms with E-state index in [2.05, 4.69) is 11.8 Å². The molecule has 0 spiro atoms. The first kappa shape index (κ1) is 13.8. The fourth-order valence-corrected chi connectivity index (χ4v) is 1.25. The van der Waals surface area contributed by atoms with E-state index in [1.807, 2.05) is 6.92 Å². The summed E-state index contributed by atoms with van der Waals surface area (Å²) < 4.78 is 23.7. The van der Waals surface area contributed by atoms with Crippen molar-refractivity contribution in [1.82, 2.24) is 0 Å². The lowest BCUT2D eigenvalue weighted by atomic mass is 10.2. The van der Waals surface area contributed by atoms with E-state index < -0.39 is 5.82 Å². The maximum absolute atomic E-state index is 13.4. The van der Waals surface area contributed by atoms with Crippen molar-refractivity contribution in [1.29, 1.82) is 0 Å². The van der Waals surface area contributed by atoms with Gasteiger partial charge in [0.15, 0.2) is 11.6 Å². The predicted octanol–water partition coefficient (Wildman–Crippen LogP) is 2.83. The first-order chi connectivity index (χ1) is 8.27. The van der Waals surface area contributed by atoms with E-state index >= 15 is 0 Å². The minimum atomic E-state index is -0.405. The van der Waals surface area contributed by atoms with Gasteiger partial charge in [0.05, 0.1) is 12.5 Å². The molecule has 4 heteroatoms. The molecule has 0 saturated carbocycles. The molecule has 0 aliphatic carbocycles. The Morgan fingerprint density at radius 2 is 2.18 bits per heavy atom. The molecular formula is C13H14ClFO2. The summed E-state index contributed by atoms with van der Waals surface area (Å²) in [6.45, 7) is 3.26. The molecule has 0 atom stereocenters. The van der Waals surface area contributed by atoms with Gasteiger partial charge in [0.1, 0.15) is 6.61 Å². The highest BCUT2D eigenvalue weighted by atomic mass is 35.5. The van der Waals surface area contributed by atoms with E-state index in [0.29, 0.717) is 25.4 Å². The highest BCUT2D eigenvalue weighted by Crippen LogP contribution is 2.18. The molecular weight excluding hydrogens is 243 g/mol. The van der Waals surface area contributed by atoms with E-state index in [4.69, 9.17) is 21.1 Å². The van der Waals surface area contributed by atoms with Crippen molar-refractivity contribution in [3.63, 3.8) is 0 Å². The van der Waals surface area contributed by atoms with Crippen LogP contribution in [0.1, 0.15) is 12.5 Å². The lowest BCUT2D eigenvalue weighted by molar-refractivity contribution is 0.108. The van der Waals surface area contributed by atoms with Gasteiger partial charge in [-0.25, -0.2) is 4.39 Å². The summed E-state index contributed by atoms with van der Waals surface area (Å²) in [5.41, 5.74) is 0.679. The Morgan fingerprint density at radius 1 is 1.35 bits per heavy atom. The summed E-state index contributed by atoms with van der Waals surface area (Å²) in [5, 5.41) is 0. The Balaban J connectivity index is 2.63. The minimum Gasteiger partial charge on any atom is -0.488 e. The van der Waals surface area contributed by atoms with Crippen molar-refractivity contribution in [2.24, 2.45) is 0 Å². The summed E-state index contributed by atoms with van der Waals surface area (Å²) in [6.07, 6.45) is 0. The normalized spacial score (nSPS) is 9.59. The second kappa shape index (κ2) is 7.94. The zero-order valence-electron chi connectivity index (χ0n) is 9.63. The highest BCUT2D eigenvalue weighted by molar-refractivity contribution is 6.19. The van der Waals surface area contributed by atoms with Crippen LogP contribution in [0, 0.1) is 17.7 Å². The smallest absolute Gasteiger partial charge is 0.165 e. The van der Waals surface area contributed by atoms with E-state index in [1.54, 1.807) is 12.1 Å². The SMILES string of the molecule is CCOCCOc1cc(C#CCCl)ccc1F. The Hall–Kier alpha value is -1.24. The van der Waals surface area contributed by atoms with E-state index in [9.17, 15) is 4.39 Å². The van der Waals surface area contributed by atoms with Gasteiger partial charge in [0.25, 0.3) is 0 Å². The third-order valence-corrected chi connectivity index (χ3v) is 2.05. The van der Waals surface area contributed by atoms with E-state index in [1.165, 1.54) is 6.07 Å². The van der Waals surface area contributed by atoms with Crippen LogP contribution >= 0.6 is 11.6 Å². The third-order valence-electron chi connectivity index (χ3n) is 1.92. The van der Waals surface area contributed by atoms with Crippen LogP contribution in [0.2, 0.25) is 0 Å². The molecule has 1 rings (SSSR count). The van der Waals surface area contributed by atoms with Crippen LogP contribution in [0.5, 0.6) is 5.75 Å². The third kappa shape index (κ3) is 5.08. The van der Waals surface area contributed by atoms with Crippen LogP contribution < -0.4 is 4.74 Å². The van der Waals surface area contributed by atoms with Gasteiger partial charge in [-0.05, 0) is 25.1 Å². The Bertz CT molecular complexity index is 410. The number of hydrogen-bond donors (Lipinski definition) is 0. The molecule has 0 aromatic heterocycles. The standard InChI is InChI=1S/C13H14ClFO2/c1-2-16-8-9-17-13-10-11(4-3-7-14)5-6-12(13)15/h5-6,10H,2,7-9H2,1H3. The summed E-state index contributed by atoms with van der Waals surface area (Å²) in [7, 11) is 0. The molecule has 0 aliphatic heterocycles. The van der Waals surface area contributed by atoms with E-state index in [-0.39, 0.29) is 11.6 Å². The van der Waals surface area contributed by atoms with Gasteiger partial charge in [-0.3, -0.25) is 0 Å². The van der Waals surface area contributed by atoms with Gasteiger partial charge in [-0.15, -0.1) is 11.6 Å². The van der Waals surface area contributed by atoms with Gasteiger partial charge in [0.2, 0.25) is 0 Å². The average molecular weight is 257 g/mol. The molecule has 0 aliphatic rings. The van der Waals surface area contributed by atoms with Crippen molar-refractivity contribution in [2.45, 2.75) is 6.92 Å². The Labute approximate surface area is 106 Å².